The first kappa shape index (κ1) is 13.9. The summed E-state index contributed by atoms with van der Waals surface area (Å²) in [5, 5.41) is 5.73. The molecular formula is C10H21N3O2. The standard InChI is InChI=1S/C10H21N3O2/c1-7(2)13-9(15)6-12-10(3,4)5-8(11)14/h7,12H,5-6H2,1-4H3,(H2,11,14)(H,13,15). The number of carbonyl (C=O) groups is 2. The Labute approximate surface area is 90.8 Å². The summed E-state index contributed by atoms with van der Waals surface area (Å²) in [6.07, 6.45) is 0.210. The molecule has 0 saturated carbocycles. The Morgan fingerprint density at radius 1 is 1.33 bits per heavy atom. The first-order chi connectivity index (χ1) is 6.73. The van der Waals surface area contributed by atoms with Crippen molar-refractivity contribution >= 4 is 11.8 Å². The molecule has 0 spiro atoms. The van der Waals surface area contributed by atoms with E-state index in [0.29, 0.717) is 0 Å². The van der Waals surface area contributed by atoms with Crippen LogP contribution in [0.5, 0.6) is 0 Å². The van der Waals surface area contributed by atoms with Crippen LogP contribution in [-0.4, -0.2) is 29.9 Å². The largest absolute Gasteiger partial charge is 0.370 e. The summed E-state index contributed by atoms with van der Waals surface area (Å²) in [6, 6.07) is 0.124. The molecule has 0 rings (SSSR count). The van der Waals surface area contributed by atoms with Gasteiger partial charge in [0.15, 0.2) is 0 Å². The lowest BCUT2D eigenvalue weighted by molar-refractivity contribution is -0.122. The van der Waals surface area contributed by atoms with Crippen LogP contribution in [0.15, 0.2) is 0 Å². The van der Waals surface area contributed by atoms with Crippen molar-refractivity contribution in [3.63, 3.8) is 0 Å². The van der Waals surface area contributed by atoms with Gasteiger partial charge in [0.1, 0.15) is 0 Å². The van der Waals surface area contributed by atoms with Crippen LogP contribution in [0.2, 0.25) is 0 Å². The summed E-state index contributed by atoms with van der Waals surface area (Å²) in [7, 11) is 0. The van der Waals surface area contributed by atoms with Gasteiger partial charge in [-0.1, -0.05) is 0 Å². The van der Waals surface area contributed by atoms with Crippen molar-refractivity contribution in [1.82, 2.24) is 10.6 Å². The summed E-state index contributed by atoms with van der Waals surface area (Å²) in [5.74, 6) is -0.459. The van der Waals surface area contributed by atoms with Gasteiger partial charge >= 0.3 is 0 Å². The Bertz CT molecular complexity index is 237. The van der Waals surface area contributed by atoms with E-state index in [1.807, 2.05) is 27.7 Å². The van der Waals surface area contributed by atoms with E-state index >= 15 is 0 Å². The van der Waals surface area contributed by atoms with Gasteiger partial charge in [0, 0.05) is 18.0 Å². The molecule has 0 heterocycles. The second-order valence-electron chi connectivity index (χ2n) is 4.60. The van der Waals surface area contributed by atoms with E-state index in [0.717, 1.165) is 0 Å². The third-order valence-electron chi connectivity index (χ3n) is 1.79. The highest BCUT2D eigenvalue weighted by molar-refractivity contribution is 5.78. The zero-order valence-corrected chi connectivity index (χ0v) is 9.89. The first-order valence-electron chi connectivity index (χ1n) is 5.05. The lowest BCUT2D eigenvalue weighted by Gasteiger charge is -2.24. The number of nitrogens with two attached hydrogens (primary N) is 1. The second kappa shape index (κ2) is 5.70. The summed E-state index contributed by atoms with van der Waals surface area (Å²) in [4.78, 5) is 22.0. The first-order valence-corrected chi connectivity index (χ1v) is 5.05. The predicted molar refractivity (Wildman–Crippen MR) is 59.2 cm³/mol. The maximum absolute atomic E-state index is 11.3. The van der Waals surface area contributed by atoms with Crippen LogP contribution in [0.25, 0.3) is 0 Å². The van der Waals surface area contributed by atoms with Gasteiger partial charge in [-0.05, 0) is 27.7 Å². The molecule has 5 nitrogen and oxygen atoms in total. The Kier molecular flexibility index (Phi) is 5.28. The van der Waals surface area contributed by atoms with Crippen LogP contribution in [0.4, 0.5) is 0 Å². The molecule has 0 aromatic carbocycles. The maximum Gasteiger partial charge on any atom is 0.234 e. The van der Waals surface area contributed by atoms with Gasteiger partial charge in [0.2, 0.25) is 11.8 Å². The van der Waals surface area contributed by atoms with Gasteiger partial charge in [0.25, 0.3) is 0 Å². The summed E-state index contributed by atoms with van der Waals surface area (Å²) in [5.41, 5.74) is 4.64. The molecule has 0 aromatic heterocycles. The molecule has 2 amide bonds. The Morgan fingerprint density at radius 3 is 2.27 bits per heavy atom. The molecule has 0 aliphatic carbocycles. The van der Waals surface area contributed by atoms with E-state index in [4.69, 9.17) is 5.73 Å². The molecule has 0 aromatic rings. The van der Waals surface area contributed by atoms with Gasteiger partial charge in [-0.15, -0.1) is 0 Å². The molecule has 0 bridgehead atoms. The molecule has 0 fully saturated rings. The van der Waals surface area contributed by atoms with Crippen molar-refractivity contribution in [3.05, 3.63) is 0 Å². The number of rotatable bonds is 6. The van der Waals surface area contributed by atoms with Gasteiger partial charge in [0.05, 0.1) is 6.54 Å². The fourth-order valence-electron chi connectivity index (χ4n) is 1.19. The van der Waals surface area contributed by atoms with Crippen LogP contribution >= 0.6 is 0 Å². The van der Waals surface area contributed by atoms with Crippen LogP contribution in [0, 0.1) is 0 Å². The number of amides is 2. The zero-order chi connectivity index (χ0) is 12.1. The molecule has 4 N–H and O–H groups in total. The molecule has 88 valence electrons. The molecule has 0 unspecified atom stereocenters. The van der Waals surface area contributed by atoms with E-state index in [9.17, 15) is 9.59 Å². The fraction of sp³-hybridized carbons (Fsp3) is 0.800. The van der Waals surface area contributed by atoms with Crippen molar-refractivity contribution < 1.29 is 9.59 Å². The highest BCUT2D eigenvalue weighted by Crippen LogP contribution is 2.06. The highest BCUT2D eigenvalue weighted by Gasteiger charge is 2.20. The third kappa shape index (κ3) is 7.93. The average molecular weight is 215 g/mol. The van der Waals surface area contributed by atoms with Crippen molar-refractivity contribution in [3.8, 4) is 0 Å². The number of hydrogen-bond acceptors (Lipinski definition) is 3. The van der Waals surface area contributed by atoms with Gasteiger partial charge in [-0.2, -0.15) is 0 Å². The van der Waals surface area contributed by atoms with Crippen molar-refractivity contribution in [1.29, 1.82) is 0 Å². The van der Waals surface area contributed by atoms with Crippen LogP contribution in [-0.2, 0) is 9.59 Å². The maximum atomic E-state index is 11.3. The number of nitrogens with one attached hydrogen (secondary N) is 2. The van der Waals surface area contributed by atoms with Crippen molar-refractivity contribution in [2.24, 2.45) is 5.73 Å². The number of carbonyl (C=O) groups excluding carboxylic acids is 2. The Morgan fingerprint density at radius 2 is 1.87 bits per heavy atom. The van der Waals surface area contributed by atoms with Crippen molar-refractivity contribution in [2.45, 2.75) is 45.7 Å². The van der Waals surface area contributed by atoms with E-state index < -0.39 is 5.54 Å². The molecule has 5 heteroatoms. The smallest absolute Gasteiger partial charge is 0.234 e. The molecule has 0 saturated heterocycles. The third-order valence-corrected chi connectivity index (χ3v) is 1.79. The normalized spacial score (nSPS) is 11.5. The van der Waals surface area contributed by atoms with Crippen LogP contribution < -0.4 is 16.4 Å². The van der Waals surface area contributed by atoms with E-state index in [2.05, 4.69) is 10.6 Å². The minimum Gasteiger partial charge on any atom is -0.370 e. The summed E-state index contributed by atoms with van der Waals surface area (Å²) < 4.78 is 0. The second-order valence-corrected chi connectivity index (χ2v) is 4.60. The van der Waals surface area contributed by atoms with E-state index in [1.165, 1.54) is 0 Å². The van der Waals surface area contributed by atoms with Gasteiger partial charge in [-0.3, -0.25) is 9.59 Å². The predicted octanol–water partition coefficient (Wildman–Crippen LogP) is -0.245. The zero-order valence-electron chi connectivity index (χ0n) is 9.89. The Balaban J connectivity index is 3.92. The molecular weight excluding hydrogens is 194 g/mol. The van der Waals surface area contributed by atoms with E-state index in [1.54, 1.807) is 0 Å². The molecule has 0 aliphatic heterocycles. The minimum atomic E-state index is -0.444. The molecule has 15 heavy (non-hydrogen) atoms. The van der Waals surface area contributed by atoms with Crippen LogP contribution in [0.1, 0.15) is 34.1 Å². The summed E-state index contributed by atoms with van der Waals surface area (Å²) >= 11 is 0. The van der Waals surface area contributed by atoms with Gasteiger partial charge < -0.3 is 16.4 Å². The number of primary amides is 1. The molecule has 0 aliphatic rings. The lowest BCUT2D eigenvalue weighted by atomic mass is 10.0. The quantitative estimate of drug-likeness (QED) is 0.571. The highest BCUT2D eigenvalue weighted by atomic mass is 16.2. The minimum absolute atomic E-state index is 0.0810. The van der Waals surface area contributed by atoms with Gasteiger partial charge in [-0.25, -0.2) is 0 Å². The fourth-order valence-corrected chi connectivity index (χ4v) is 1.19. The monoisotopic (exact) mass is 215 g/mol. The summed E-state index contributed by atoms with van der Waals surface area (Å²) in [6.45, 7) is 7.65. The van der Waals surface area contributed by atoms with E-state index in [-0.39, 0.29) is 30.8 Å². The molecule has 0 radical (unpaired) electrons. The SMILES string of the molecule is CC(C)NC(=O)CNC(C)(C)CC(N)=O. The van der Waals surface area contributed by atoms with Crippen molar-refractivity contribution in [2.75, 3.05) is 6.54 Å². The number of hydrogen-bond donors (Lipinski definition) is 3. The average Bonchev–Trinajstić information content (AvgIpc) is 1.97. The molecule has 0 atom stereocenters. The topological polar surface area (TPSA) is 84.2 Å². The lowest BCUT2D eigenvalue weighted by Crippen LogP contribution is -2.48. The van der Waals surface area contributed by atoms with Crippen LogP contribution in [0.3, 0.4) is 0 Å². The Hall–Kier alpha value is -1.10.